The molecule has 1 amide bonds. The van der Waals surface area contributed by atoms with E-state index in [2.05, 4.69) is 20.4 Å². The Kier molecular flexibility index (Phi) is 4.18. The Balaban J connectivity index is 1.37. The molecule has 1 N–H and O–H groups in total. The van der Waals surface area contributed by atoms with Crippen LogP contribution < -0.4 is 5.32 Å². The molecule has 7 heteroatoms. The van der Waals surface area contributed by atoms with Crippen molar-refractivity contribution in [3.63, 3.8) is 0 Å². The fourth-order valence-corrected chi connectivity index (χ4v) is 2.80. The summed E-state index contributed by atoms with van der Waals surface area (Å²) in [6, 6.07) is 11.6. The zero-order valence-electron chi connectivity index (χ0n) is 14.3. The van der Waals surface area contributed by atoms with Crippen LogP contribution >= 0.6 is 0 Å². The summed E-state index contributed by atoms with van der Waals surface area (Å²) in [6.45, 7) is 0.674. The van der Waals surface area contributed by atoms with Gasteiger partial charge in [-0.2, -0.15) is 5.10 Å². The lowest BCUT2D eigenvalue weighted by atomic mass is 10.2. The van der Waals surface area contributed by atoms with Crippen LogP contribution in [0.15, 0.2) is 61.3 Å². The third-order valence-electron chi connectivity index (χ3n) is 4.16. The minimum atomic E-state index is -0.0653. The number of aromatic nitrogens is 5. The molecule has 0 aliphatic heterocycles. The van der Waals surface area contributed by atoms with Crippen molar-refractivity contribution in [2.24, 2.45) is 7.05 Å². The van der Waals surface area contributed by atoms with Gasteiger partial charge in [-0.15, -0.1) is 0 Å². The predicted molar refractivity (Wildman–Crippen MR) is 98.0 cm³/mol. The van der Waals surface area contributed by atoms with Crippen molar-refractivity contribution in [3.8, 4) is 11.3 Å². The predicted octanol–water partition coefficient (Wildman–Crippen LogP) is 2.15. The van der Waals surface area contributed by atoms with Crippen molar-refractivity contribution in [1.29, 1.82) is 0 Å². The van der Waals surface area contributed by atoms with Crippen molar-refractivity contribution in [1.82, 2.24) is 29.6 Å². The molecule has 3 aromatic heterocycles. The molecular weight excluding hydrogens is 328 g/mol. The molecule has 0 saturated heterocycles. The van der Waals surface area contributed by atoms with Crippen LogP contribution in [-0.4, -0.2) is 30.2 Å². The van der Waals surface area contributed by atoms with Crippen molar-refractivity contribution >= 4 is 16.9 Å². The summed E-state index contributed by atoms with van der Waals surface area (Å²) in [5.74, 6) is -0.0653. The van der Waals surface area contributed by atoms with Crippen molar-refractivity contribution in [2.45, 2.75) is 13.1 Å². The van der Waals surface area contributed by atoms with Gasteiger partial charge in [-0.1, -0.05) is 18.2 Å². The molecule has 0 atom stereocenters. The highest BCUT2D eigenvalue weighted by molar-refractivity contribution is 5.80. The van der Waals surface area contributed by atoms with Gasteiger partial charge in [0, 0.05) is 31.5 Å². The Morgan fingerprint density at radius 2 is 2.00 bits per heavy atom. The number of fused-ring (bicyclic) bond motifs is 1. The zero-order chi connectivity index (χ0) is 17.9. The largest absolute Gasteiger partial charge is 0.350 e. The van der Waals surface area contributed by atoms with Gasteiger partial charge in [0.2, 0.25) is 5.91 Å². The number of para-hydroxylation sites is 2. The maximum atomic E-state index is 12.2. The average molecular weight is 346 g/mol. The van der Waals surface area contributed by atoms with E-state index < -0.39 is 0 Å². The first-order valence-electron chi connectivity index (χ1n) is 8.29. The summed E-state index contributed by atoms with van der Waals surface area (Å²) in [5.41, 5.74) is 4.61. The molecular formula is C19H18N6O. The lowest BCUT2D eigenvalue weighted by molar-refractivity contribution is -0.121. The average Bonchev–Trinajstić information content (AvgIpc) is 3.27. The molecule has 26 heavy (non-hydrogen) atoms. The first kappa shape index (κ1) is 16.0. The third-order valence-corrected chi connectivity index (χ3v) is 4.16. The second-order valence-corrected chi connectivity index (χ2v) is 6.09. The number of aryl methyl sites for hydroxylation is 1. The summed E-state index contributed by atoms with van der Waals surface area (Å²) in [4.78, 5) is 21.0. The van der Waals surface area contributed by atoms with E-state index in [1.807, 2.05) is 54.2 Å². The summed E-state index contributed by atoms with van der Waals surface area (Å²) in [7, 11) is 1.87. The fraction of sp³-hybridized carbons (Fsp3) is 0.158. The molecule has 4 rings (SSSR count). The van der Waals surface area contributed by atoms with Crippen molar-refractivity contribution < 1.29 is 4.79 Å². The molecule has 4 aromatic rings. The first-order chi connectivity index (χ1) is 12.7. The van der Waals surface area contributed by atoms with Gasteiger partial charge < -0.3 is 9.88 Å². The number of amides is 1. The third kappa shape index (κ3) is 3.32. The van der Waals surface area contributed by atoms with E-state index in [0.29, 0.717) is 6.54 Å². The number of carbonyl (C=O) groups is 1. The molecule has 0 aliphatic rings. The standard InChI is InChI=1S/C19H18N6O/c1-24-11-15(10-23-24)16-7-6-14(8-20-16)9-21-19(26)12-25-13-22-17-4-2-3-5-18(17)25/h2-8,10-11,13H,9,12H2,1H3,(H,21,26). The Morgan fingerprint density at radius 1 is 1.12 bits per heavy atom. The summed E-state index contributed by atoms with van der Waals surface area (Å²) in [5, 5.41) is 7.07. The summed E-state index contributed by atoms with van der Waals surface area (Å²) in [6.07, 6.45) is 7.15. The molecule has 0 fully saturated rings. The summed E-state index contributed by atoms with van der Waals surface area (Å²) >= 11 is 0. The minimum Gasteiger partial charge on any atom is -0.350 e. The Bertz CT molecular complexity index is 1050. The number of hydrogen-bond acceptors (Lipinski definition) is 4. The normalized spacial score (nSPS) is 11.0. The number of hydrogen-bond donors (Lipinski definition) is 1. The van der Waals surface area contributed by atoms with Crippen LogP contribution in [0.4, 0.5) is 0 Å². The number of carbonyl (C=O) groups excluding carboxylic acids is 1. The van der Waals surface area contributed by atoms with E-state index in [0.717, 1.165) is 27.9 Å². The molecule has 3 heterocycles. The van der Waals surface area contributed by atoms with E-state index in [4.69, 9.17) is 0 Å². The van der Waals surface area contributed by atoms with E-state index in [1.54, 1.807) is 23.4 Å². The highest BCUT2D eigenvalue weighted by Crippen LogP contribution is 2.15. The highest BCUT2D eigenvalue weighted by Gasteiger charge is 2.07. The van der Waals surface area contributed by atoms with Crippen molar-refractivity contribution in [2.75, 3.05) is 0 Å². The Labute approximate surface area is 150 Å². The molecule has 0 aliphatic carbocycles. The highest BCUT2D eigenvalue weighted by atomic mass is 16.1. The second kappa shape index (κ2) is 6.79. The van der Waals surface area contributed by atoms with E-state index >= 15 is 0 Å². The molecule has 130 valence electrons. The quantitative estimate of drug-likeness (QED) is 0.601. The van der Waals surface area contributed by atoms with Gasteiger partial charge in [0.25, 0.3) is 0 Å². The number of pyridine rings is 1. The monoisotopic (exact) mass is 346 g/mol. The number of imidazole rings is 1. The molecule has 0 radical (unpaired) electrons. The van der Waals surface area contributed by atoms with E-state index in [9.17, 15) is 4.79 Å². The second-order valence-electron chi connectivity index (χ2n) is 6.09. The lowest BCUT2D eigenvalue weighted by Crippen LogP contribution is -2.26. The van der Waals surface area contributed by atoms with Gasteiger partial charge in [-0.3, -0.25) is 14.5 Å². The first-order valence-corrected chi connectivity index (χ1v) is 8.29. The van der Waals surface area contributed by atoms with Crippen LogP contribution in [0, 0.1) is 0 Å². The minimum absolute atomic E-state index is 0.0653. The van der Waals surface area contributed by atoms with Crippen LogP contribution in [0.3, 0.4) is 0 Å². The van der Waals surface area contributed by atoms with E-state index in [1.165, 1.54) is 0 Å². The SMILES string of the molecule is Cn1cc(-c2ccc(CNC(=O)Cn3cnc4ccccc43)cn2)cn1. The zero-order valence-corrected chi connectivity index (χ0v) is 14.3. The lowest BCUT2D eigenvalue weighted by Gasteiger charge is -2.07. The van der Waals surface area contributed by atoms with Crippen LogP contribution in [-0.2, 0) is 24.9 Å². The molecule has 7 nitrogen and oxygen atoms in total. The number of rotatable bonds is 5. The van der Waals surface area contributed by atoms with Gasteiger partial charge in [-0.25, -0.2) is 4.98 Å². The number of nitrogens with one attached hydrogen (secondary N) is 1. The van der Waals surface area contributed by atoms with Gasteiger partial charge in [0.15, 0.2) is 0 Å². The van der Waals surface area contributed by atoms with E-state index in [-0.39, 0.29) is 12.5 Å². The van der Waals surface area contributed by atoms with Gasteiger partial charge >= 0.3 is 0 Å². The molecule has 0 bridgehead atoms. The Hall–Kier alpha value is -3.48. The molecule has 1 aromatic carbocycles. The number of nitrogens with zero attached hydrogens (tertiary/aromatic N) is 5. The Morgan fingerprint density at radius 3 is 2.77 bits per heavy atom. The maximum Gasteiger partial charge on any atom is 0.240 e. The maximum absolute atomic E-state index is 12.2. The fourth-order valence-electron chi connectivity index (χ4n) is 2.80. The van der Waals surface area contributed by atoms with Crippen LogP contribution in [0.1, 0.15) is 5.56 Å². The van der Waals surface area contributed by atoms with Crippen molar-refractivity contribution in [3.05, 3.63) is 66.9 Å². The van der Waals surface area contributed by atoms with Gasteiger partial charge in [0.1, 0.15) is 6.54 Å². The summed E-state index contributed by atoms with van der Waals surface area (Å²) < 4.78 is 3.58. The molecule has 0 unspecified atom stereocenters. The van der Waals surface area contributed by atoms with Crippen LogP contribution in [0.2, 0.25) is 0 Å². The number of benzene rings is 1. The van der Waals surface area contributed by atoms with Gasteiger partial charge in [0.05, 0.1) is 29.3 Å². The molecule has 0 spiro atoms. The van der Waals surface area contributed by atoms with Crippen LogP contribution in [0.5, 0.6) is 0 Å². The molecule has 0 saturated carbocycles. The van der Waals surface area contributed by atoms with Gasteiger partial charge in [-0.05, 0) is 23.8 Å². The topological polar surface area (TPSA) is 77.6 Å². The smallest absolute Gasteiger partial charge is 0.240 e. The van der Waals surface area contributed by atoms with Crippen LogP contribution in [0.25, 0.3) is 22.3 Å².